The molecule has 1 aliphatic heterocycles. The maximum Gasteiger partial charge on any atom is 0.436 e. The molecule has 1 atom stereocenters. The van der Waals surface area contributed by atoms with Crippen LogP contribution in [0.4, 0.5) is 13.2 Å². The van der Waals surface area contributed by atoms with E-state index in [0.29, 0.717) is 12.2 Å². The molecule has 2 heterocycles. The lowest BCUT2D eigenvalue weighted by Gasteiger charge is -2.11. The normalized spacial score (nSPS) is 16.6. The smallest absolute Gasteiger partial charge is 0.436 e. The van der Waals surface area contributed by atoms with Gasteiger partial charge in [-0.05, 0) is 23.8 Å². The SMILES string of the molecule is Cn1cc(C(=O)OCC2Cc3cc(Br)ccc3O2)c(C(F)(F)F)n1. The number of alkyl halides is 3. The van der Waals surface area contributed by atoms with Gasteiger partial charge in [0.2, 0.25) is 0 Å². The Morgan fingerprint density at radius 3 is 2.96 bits per heavy atom. The van der Waals surface area contributed by atoms with Crippen LogP contribution in [0.5, 0.6) is 5.75 Å². The van der Waals surface area contributed by atoms with Crippen molar-refractivity contribution in [2.24, 2.45) is 7.05 Å². The summed E-state index contributed by atoms with van der Waals surface area (Å²) in [5, 5.41) is 3.28. The van der Waals surface area contributed by atoms with Crippen LogP contribution in [-0.2, 0) is 24.4 Å². The van der Waals surface area contributed by atoms with Crippen molar-refractivity contribution in [1.82, 2.24) is 9.78 Å². The van der Waals surface area contributed by atoms with E-state index in [-0.39, 0.29) is 6.61 Å². The topological polar surface area (TPSA) is 53.4 Å². The lowest BCUT2D eigenvalue weighted by Crippen LogP contribution is -2.23. The molecular weight excluding hydrogens is 393 g/mol. The van der Waals surface area contributed by atoms with Gasteiger partial charge >= 0.3 is 12.1 Å². The van der Waals surface area contributed by atoms with Crippen LogP contribution in [0, 0.1) is 0 Å². The van der Waals surface area contributed by atoms with Crippen molar-refractivity contribution < 1.29 is 27.4 Å². The highest BCUT2D eigenvalue weighted by molar-refractivity contribution is 9.10. The molecule has 3 rings (SSSR count). The Morgan fingerprint density at radius 1 is 1.50 bits per heavy atom. The molecule has 0 aliphatic carbocycles. The van der Waals surface area contributed by atoms with E-state index in [2.05, 4.69) is 21.0 Å². The third-order valence-corrected chi connectivity index (χ3v) is 3.97. The molecule has 2 aromatic rings. The highest BCUT2D eigenvalue weighted by atomic mass is 79.9. The van der Waals surface area contributed by atoms with Crippen molar-refractivity contribution in [3.05, 3.63) is 45.7 Å². The summed E-state index contributed by atoms with van der Waals surface area (Å²) in [5.41, 5.74) is -0.916. The van der Waals surface area contributed by atoms with Gasteiger partial charge in [0.15, 0.2) is 5.69 Å². The second-order valence-electron chi connectivity index (χ2n) is 5.36. The van der Waals surface area contributed by atoms with Gasteiger partial charge in [-0.3, -0.25) is 4.68 Å². The molecule has 0 fully saturated rings. The van der Waals surface area contributed by atoms with Gasteiger partial charge in [-0.25, -0.2) is 4.79 Å². The first kappa shape index (κ1) is 16.8. The number of esters is 1. The number of aromatic nitrogens is 2. The van der Waals surface area contributed by atoms with Crippen LogP contribution < -0.4 is 4.74 Å². The zero-order valence-corrected chi connectivity index (χ0v) is 14.0. The van der Waals surface area contributed by atoms with Crippen molar-refractivity contribution in [1.29, 1.82) is 0 Å². The minimum atomic E-state index is -4.72. The minimum Gasteiger partial charge on any atom is -0.486 e. The predicted molar refractivity (Wildman–Crippen MR) is 80.8 cm³/mol. The van der Waals surface area contributed by atoms with Crippen molar-refractivity contribution >= 4 is 21.9 Å². The molecule has 0 saturated heterocycles. The molecule has 128 valence electrons. The van der Waals surface area contributed by atoms with E-state index in [1.165, 1.54) is 7.05 Å². The lowest BCUT2D eigenvalue weighted by atomic mass is 10.1. The minimum absolute atomic E-state index is 0.142. The highest BCUT2D eigenvalue weighted by Gasteiger charge is 2.39. The number of halogens is 4. The first-order valence-electron chi connectivity index (χ1n) is 6.97. The lowest BCUT2D eigenvalue weighted by molar-refractivity contribution is -0.142. The molecule has 0 spiro atoms. The first-order valence-corrected chi connectivity index (χ1v) is 7.76. The molecule has 5 nitrogen and oxygen atoms in total. The van der Waals surface area contributed by atoms with Gasteiger partial charge < -0.3 is 9.47 Å². The van der Waals surface area contributed by atoms with Crippen LogP contribution in [-0.4, -0.2) is 28.5 Å². The maximum atomic E-state index is 12.9. The molecule has 0 radical (unpaired) electrons. The molecule has 1 aliphatic rings. The molecule has 1 aromatic carbocycles. The fraction of sp³-hybridized carbons (Fsp3) is 0.333. The second-order valence-corrected chi connectivity index (χ2v) is 6.27. The van der Waals surface area contributed by atoms with Gasteiger partial charge in [-0.15, -0.1) is 0 Å². The number of benzene rings is 1. The molecule has 0 N–H and O–H groups in total. The molecule has 1 unspecified atom stereocenters. The van der Waals surface area contributed by atoms with E-state index in [9.17, 15) is 18.0 Å². The number of ether oxygens (including phenoxy) is 2. The van der Waals surface area contributed by atoms with Crippen LogP contribution in [0.15, 0.2) is 28.9 Å². The molecule has 1 aromatic heterocycles. The Labute approximate surface area is 143 Å². The molecule has 0 saturated carbocycles. The first-order chi connectivity index (χ1) is 11.2. The maximum absolute atomic E-state index is 12.9. The monoisotopic (exact) mass is 404 g/mol. The van der Waals surface area contributed by atoms with Crippen LogP contribution in [0.1, 0.15) is 21.6 Å². The van der Waals surface area contributed by atoms with Crippen molar-refractivity contribution in [2.45, 2.75) is 18.7 Å². The zero-order chi connectivity index (χ0) is 17.5. The van der Waals surface area contributed by atoms with Gasteiger partial charge in [0.05, 0.1) is 0 Å². The molecule has 0 bridgehead atoms. The van der Waals surface area contributed by atoms with Crippen LogP contribution in [0.25, 0.3) is 0 Å². The van der Waals surface area contributed by atoms with E-state index in [1.807, 2.05) is 12.1 Å². The average molecular weight is 405 g/mol. The highest BCUT2D eigenvalue weighted by Crippen LogP contribution is 2.32. The summed E-state index contributed by atoms with van der Waals surface area (Å²) in [6, 6.07) is 5.49. The van der Waals surface area contributed by atoms with Crippen LogP contribution >= 0.6 is 15.9 Å². The average Bonchev–Trinajstić information content (AvgIpc) is 3.07. The Morgan fingerprint density at radius 2 is 2.25 bits per heavy atom. The van der Waals surface area contributed by atoms with E-state index in [1.54, 1.807) is 6.07 Å². The number of nitrogens with zero attached hydrogens (tertiary/aromatic N) is 2. The fourth-order valence-corrected chi connectivity index (χ4v) is 2.88. The third-order valence-electron chi connectivity index (χ3n) is 3.48. The number of carbonyl (C=O) groups excluding carboxylic acids is 1. The number of fused-ring (bicyclic) bond motifs is 1. The summed E-state index contributed by atoms with van der Waals surface area (Å²) >= 11 is 3.35. The van der Waals surface area contributed by atoms with Crippen molar-refractivity contribution in [3.8, 4) is 5.75 Å². The molecular formula is C15H12BrF3N2O3. The van der Waals surface area contributed by atoms with Crippen molar-refractivity contribution in [2.75, 3.05) is 6.61 Å². The largest absolute Gasteiger partial charge is 0.486 e. The van der Waals surface area contributed by atoms with Crippen molar-refractivity contribution in [3.63, 3.8) is 0 Å². The predicted octanol–water partition coefficient (Wildman–Crippen LogP) is 3.36. The van der Waals surface area contributed by atoms with E-state index in [4.69, 9.17) is 9.47 Å². The van der Waals surface area contributed by atoms with E-state index >= 15 is 0 Å². The van der Waals surface area contributed by atoms with E-state index in [0.717, 1.165) is 20.9 Å². The number of hydrogen-bond donors (Lipinski definition) is 0. The Hall–Kier alpha value is -2.03. The number of carbonyl (C=O) groups is 1. The standard InChI is InChI=1S/C15H12BrF3N2O3/c1-21-6-11(13(20-21)15(17,18)19)14(22)23-7-10-5-8-4-9(16)2-3-12(8)24-10/h2-4,6,10H,5,7H2,1H3. The second kappa shape index (κ2) is 6.12. The Kier molecular flexibility index (Phi) is 4.29. The summed E-state index contributed by atoms with van der Waals surface area (Å²) in [7, 11) is 1.31. The Bertz CT molecular complexity index is 789. The number of hydrogen-bond acceptors (Lipinski definition) is 4. The summed E-state index contributed by atoms with van der Waals surface area (Å²) in [6.45, 7) is -0.142. The van der Waals surface area contributed by atoms with Crippen LogP contribution in [0.3, 0.4) is 0 Å². The summed E-state index contributed by atoms with van der Waals surface area (Å²) in [4.78, 5) is 12.0. The molecule has 0 amide bonds. The number of aryl methyl sites for hydroxylation is 1. The third kappa shape index (κ3) is 3.40. The van der Waals surface area contributed by atoms with Gasteiger partial charge in [0.25, 0.3) is 0 Å². The van der Waals surface area contributed by atoms with Crippen LogP contribution in [0.2, 0.25) is 0 Å². The van der Waals surface area contributed by atoms with Gasteiger partial charge in [0.1, 0.15) is 24.0 Å². The summed E-state index contributed by atoms with van der Waals surface area (Å²) in [6.07, 6.45) is -3.64. The molecule has 24 heavy (non-hydrogen) atoms. The summed E-state index contributed by atoms with van der Waals surface area (Å²) < 4.78 is 51.0. The molecule has 9 heteroatoms. The Balaban J connectivity index is 1.65. The van der Waals surface area contributed by atoms with Gasteiger partial charge in [-0.2, -0.15) is 18.3 Å². The number of rotatable bonds is 3. The quantitative estimate of drug-likeness (QED) is 0.736. The summed E-state index contributed by atoms with van der Waals surface area (Å²) in [5.74, 6) is -0.396. The van der Waals surface area contributed by atoms with Gasteiger partial charge in [-0.1, -0.05) is 15.9 Å². The fourth-order valence-electron chi connectivity index (χ4n) is 2.48. The van der Waals surface area contributed by atoms with E-state index < -0.39 is 29.5 Å². The zero-order valence-electron chi connectivity index (χ0n) is 12.4. The van der Waals surface area contributed by atoms with Gasteiger partial charge in [0, 0.05) is 24.1 Å².